The van der Waals surface area contributed by atoms with Gasteiger partial charge in [-0.15, -0.1) is 6.58 Å². The Bertz CT molecular complexity index is 687. The maximum absolute atomic E-state index is 11.7. The molecule has 6 heteroatoms. The van der Waals surface area contributed by atoms with Gasteiger partial charge in [0, 0.05) is 17.7 Å². The molecule has 0 aliphatic carbocycles. The third-order valence-electron chi connectivity index (χ3n) is 3.01. The van der Waals surface area contributed by atoms with Crippen LogP contribution in [-0.4, -0.2) is 17.2 Å². The largest absolute Gasteiger partial charge is 1.00 e. The van der Waals surface area contributed by atoms with E-state index in [0.29, 0.717) is 12.0 Å². The second-order valence-electron chi connectivity index (χ2n) is 4.69. The standard InChI is InChI=1S/C17H17N3O2.ClH/c1-2-7-14-8-6-9-15(17(14)22)12-18-19-16(21)13-20-10-4-3-5-11-20;/h2-6,8-12H,1,7,13H2,(H-,18,19,21,22);1H. The van der Waals surface area contributed by atoms with E-state index in [-0.39, 0.29) is 30.6 Å². The molecule has 2 rings (SSSR count). The summed E-state index contributed by atoms with van der Waals surface area (Å²) in [6.07, 6.45) is 7.32. The van der Waals surface area contributed by atoms with Crippen LogP contribution in [0.25, 0.3) is 0 Å². The maximum atomic E-state index is 11.7. The van der Waals surface area contributed by atoms with Crippen molar-refractivity contribution in [2.45, 2.75) is 13.0 Å². The minimum Gasteiger partial charge on any atom is -1.00 e. The molecule has 23 heavy (non-hydrogen) atoms. The van der Waals surface area contributed by atoms with Crippen molar-refractivity contribution in [3.63, 3.8) is 0 Å². The highest BCUT2D eigenvalue weighted by molar-refractivity contribution is 5.85. The zero-order valence-corrected chi connectivity index (χ0v) is 13.3. The molecule has 120 valence electrons. The number of hydrogen-bond acceptors (Lipinski definition) is 3. The third-order valence-corrected chi connectivity index (χ3v) is 3.01. The van der Waals surface area contributed by atoms with Gasteiger partial charge in [-0.3, -0.25) is 4.79 Å². The monoisotopic (exact) mass is 331 g/mol. The topological polar surface area (TPSA) is 65.6 Å². The van der Waals surface area contributed by atoms with Crippen molar-refractivity contribution in [2.24, 2.45) is 5.10 Å². The van der Waals surface area contributed by atoms with Crippen LogP contribution in [0.4, 0.5) is 0 Å². The number of carbonyl (C=O) groups excluding carboxylic acids is 1. The zero-order valence-electron chi connectivity index (χ0n) is 12.5. The number of aromatic hydroxyl groups is 1. The average Bonchev–Trinajstić information content (AvgIpc) is 2.52. The number of aromatic nitrogens is 1. The smallest absolute Gasteiger partial charge is 0.305 e. The lowest BCUT2D eigenvalue weighted by molar-refractivity contribution is -0.684. The van der Waals surface area contributed by atoms with Crippen LogP contribution in [0.2, 0.25) is 0 Å². The number of benzene rings is 1. The molecule has 0 radical (unpaired) electrons. The molecular weight excluding hydrogens is 314 g/mol. The van der Waals surface area contributed by atoms with E-state index in [2.05, 4.69) is 17.1 Å². The van der Waals surface area contributed by atoms with E-state index in [1.165, 1.54) is 6.21 Å². The Hall–Kier alpha value is -2.66. The van der Waals surface area contributed by atoms with Crippen LogP contribution in [-0.2, 0) is 17.8 Å². The van der Waals surface area contributed by atoms with Crippen LogP contribution >= 0.6 is 0 Å². The van der Waals surface area contributed by atoms with Gasteiger partial charge in [0.1, 0.15) is 5.75 Å². The molecule has 2 N–H and O–H groups in total. The normalized spacial score (nSPS) is 10.1. The van der Waals surface area contributed by atoms with Crippen molar-refractivity contribution < 1.29 is 26.9 Å². The molecule has 5 nitrogen and oxygen atoms in total. The van der Waals surface area contributed by atoms with Gasteiger partial charge < -0.3 is 17.5 Å². The SMILES string of the molecule is C=CCc1cccc(C=NNC(=O)C[n+]2ccccc2)c1O.[Cl-]. The highest BCUT2D eigenvalue weighted by atomic mass is 35.5. The molecule has 0 saturated carbocycles. The summed E-state index contributed by atoms with van der Waals surface area (Å²) >= 11 is 0. The Balaban J connectivity index is 0.00000264. The lowest BCUT2D eigenvalue weighted by atomic mass is 10.1. The molecule has 1 heterocycles. The number of halogens is 1. The van der Waals surface area contributed by atoms with E-state index in [4.69, 9.17) is 0 Å². The Labute approximate surface area is 141 Å². The minimum absolute atomic E-state index is 0. The van der Waals surface area contributed by atoms with E-state index in [9.17, 15) is 9.90 Å². The molecule has 1 amide bonds. The molecule has 0 saturated heterocycles. The number of nitrogens with one attached hydrogen (secondary N) is 1. The molecule has 0 fully saturated rings. The second-order valence-corrected chi connectivity index (χ2v) is 4.69. The first kappa shape index (κ1) is 18.4. The molecule has 0 spiro atoms. The van der Waals surface area contributed by atoms with Crippen LogP contribution in [0.15, 0.2) is 66.5 Å². The van der Waals surface area contributed by atoms with Crippen LogP contribution < -0.4 is 22.4 Å². The van der Waals surface area contributed by atoms with Gasteiger partial charge in [-0.2, -0.15) is 9.67 Å². The lowest BCUT2D eigenvalue weighted by Gasteiger charge is -2.04. The number of para-hydroxylation sites is 1. The Morgan fingerprint density at radius 3 is 2.70 bits per heavy atom. The van der Waals surface area contributed by atoms with Crippen molar-refractivity contribution in [3.8, 4) is 5.75 Å². The van der Waals surface area contributed by atoms with Gasteiger partial charge in [0.25, 0.3) is 0 Å². The van der Waals surface area contributed by atoms with Crippen molar-refractivity contribution in [2.75, 3.05) is 0 Å². The number of hydrogen-bond donors (Lipinski definition) is 2. The first-order chi connectivity index (χ1) is 10.7. The van der Waals surface area contributed by atoms with Gasteiger partial charge >= 0.3 is 5.91 Å². The first-order valence-corrected chi connectivity index (χ1v) is 6.88. The fourth-order valence-electron chi connectivity index (χ4n) is 1.95. The number of hydrazone groups is 1. The van der Waals surface area contributed by atoms with E-state index < -0.39 is 0 Å². The maximum Gasteiger partial charge on any atom is 0.305 e. The molecule has 2 aromatic rings. The number of amides is 1. The average molecular weight is 332 g/mol. The molecule has 0 bridgehead atoms. The van der Waals surface area contributed by atoms with Crippen LogP contribution in [0.3, 0.4) is 0 Å². The number of phenols is 1. The number of allylic oxidation sites excluding steroid dienone is 1. The Morgan fingerprint density at radius 1 is 1.26 bits per heavy atom. The fraction of sp³-hybridized carbons (Fsp3) is 0.118. The number of carbonyl (C=O) groups is 1. The number of rotatable bonds is 6. The van der Waals surface area contributed by atoms with Gasteiger partial charge in [0.2, 0.25) is 6.54 Å². The zero-order chi connectivity index (χ0) is 15.8. The Morgan fingerprint density at radius 2 is 2.00 bits per heavy atom. The van der Waals surface area contributed by atoms with Crippen LogP contribution in [0.1, 0.15) is 11.1 Å². The van der Waals surface area contributed by atoms with Gasteiger partial charge in [-0.05, 0) is 18.1 Å². The quantitative estimate of drug-likeness (QED) is 0.295. The van der Waals surface area contributed by atoms with Crippen LogP contribution in [0, 0.1) is 0 Å². The summed E-state index contributed by atoms with van der Waals surface area (Å²) in [5.74, 6) is -0.0907. The summed E-state index contributed by atoms with van der Waals surface area (Å²) in [5, 5.41) is 13.9. The van der Waals surface area contributed by atoms with E-state index >= 15 is 0 Å². The van der Waals surface area contributed by atoms with Gasteiger partial charge in [0.05, 0.1) is 6.21 Å². The molecule has 0 atom stereocenters. The minimum atomic E-state index is -0.241. The summed E-state index contributed by atoms with van der Waals surface area (Å²) in [6, 6.07) is 10.9. The van der Waals surface area contributed by atoms with Crippen molar-refractivity contribution in [1.82, 2.24) is 5.43 Å². The molecule has 0 aliphatic heterocycles. The summed E-state index contributed by atoms with van der Waals surface area (Å²) in [5.41, 5.74) is 3.75. The Kier molecular flexibility index (Phi) is 7.50. The number of pyridine rings is 1. The van der Waals surface area contributed by atoms with E-state index in [1.54, 1.807) is 29.1 Å². The van der Waals surface area contributed by atoms with Crippen molar-refractivity contribution in [3.05, 3.63) is 72.6 Å². The summed E-state index contributed by atoms with van der Waals surface area (Å²) < 4.78 is 1.74. The summed E-state index contributed by atoms with van der Waals surface area (Å²) in [4.78, 5) is 11.7. The molecule has 1 aromatic carbocycles. The number of nitrogens with zero attached hydrogens (tertiary/aromatic N) is 2. The van der Waals surface area contributed by atoms with Gasteiger partial charge in [0.15, 0.2) is 12.4 Å². The predicted molar refractivity (Wildman–Crippen MR) is 84.4 cm³/mol. The summed E-state index contributed by atoms with van der Waals surface area (Å²) in [6.45, 7) is 3.83. The van der Waals surface area contributed by atoms with E-state index in [0.717, 1.165) is 5.56 Å². The molecule has 1 aromatic heterocycles. The molecular formula is C17H18ClN3O2. The van der Waals surface area contributed by atoms with Gasteiger partial charge in [-0.25, -0.2) is 5.43 Å². The van der Waals surface area contributed by atoms with Crippen molar-refractivity contribution >= 4 is 12.1 Å². The fourth-order valence-corrected chi connectivity index (χ4v) is 1.95. The van der Waals surface area contributed by atoms with Crippen LogP contribution in [0.5, 0.6) is 5.75 Å². The molecule has 0 unspecified atom stereocenters. The molecule has 0 aliphatic rings. The highest BCUT2D eigenvalue weighted by Crippen LogP contribution is 2.21. The first-order valence-electron chi connectivity index (χ1n) is 6.88. The van der Waals surface area contributed by atoms with Crippen molar-refractivity contribution in [1.29, 1.82) is 0 Å². The third kappa shape index (κ3) is 5.56. The van der Waals surface area contributed by atoms with E-state index in [1.807, 2.05) is 30.3 Å². The second kappa shape index (κ2) is 9.38. The highest BCUT2D eigenvalue weighted by Gasteiger charge is 2.07. The number of phenolic OH excluding ortho intramolecular Hbond substituents is 1. The lowest BCUT2D eigenvalue weighted by Crippen LogP contribution is -3.00. The predicted octanol–water partition coefficient (Wildman–Crippen LogP) is -1.44. The summed E-state index contributed by atoms with van der Waals surface area (Å²) in [7, 11) is 0. The van der Waals surface area contributed by atoms with Gasteiger partial charge in [-0.1, -0.05) is 24.3 Å².